The maximum Gasteiger partial charge on any atom is 0.322 e. The zero-order valence-corrected chi connectivity index (χ0v) is 13.3. The van der Waals surface area contributed by atoms with Gasteiger partial charge in [-0.05, 0) is 48.7 Å². The lowest BCUT2D eigenvalue weighted by molar-refractivity contribution is -0.115. The van der Waals surface area contributed by atoms with Crippen LogP contribution < -0.4 is 5.32 Å². The van der Waals surface area contributed by atoms with Crippen molar-refractivity contribution >= 4 is 11.9 Å². The number of aryl methyl sites for hydroxylation is 2. The molecular weight excluding hydrogens is 309 g/mol. The highest BCUT2D eigenvalue weighted by Gasteiger charge is 2.12. The van der Waals surface area contributed by atoms with Crippen molar-refractivity contribution in [1.29, 1.82) is 0 Å². The van der Waals surface area contributed by atoms with Crippen LogP contribution in [0.3, 0.4) is 0 Å². The molecule has 0 saturated carbocycles. The van der Waals surface area contributed by atoms with E-state index >= 15 is 0 Å². The van der Waals surface area contributed by atoms with Crippen LogP contribution in [0.4, 0.5) is 10.4 Å². The summed E-state index contributed by atoms with van der Waals surface area (Å²) in [7, 11) is 0. The van der Waals surface area contributed by atoms with Gasteiger partial charge in [-0.25, -0.2) is 4.39 Å². The van der Waals surface area contributed by atoms with Crippen LogP contribution in [0.5, 0.6) is 0 Å². The van der Waals surface area contributed by atoms with Crippen molar-refractivity contribution in [2.75, 3.05) is 5.32 Å². The number of aromatic nitrogens is 2. The van der Waals surface area contributed by atoms with Crippen molar-refractivity contribution in [1.82, 2.24) is 10.2 Å². The van der Waals surface area contributed by atoms with E-state index in [1.165, 1.54) is 17.7 Å². The molecule has 0 aliphatic carbocycles. The Morgan fingerprint density at radius 2 is 1.96 bits per heavy atom. The third kappa shape index (κ3) is 3.65. The average molecular weight is 325 g/mol. The van der Waals surface area contributed by atoms with Crippen LogP contribution in [0.1, 0.15) is 16.7 Å². The fourth-order valence-electron chi connectivity index (χ4n) is 2.27. The Balaban J connectivity index is 1.68. The standard InChI is InChI=1S/C18H16FN3O2/c1-11-6-7-13(8-12(11)2)9-16(23)20-18-22-21-17(24-18)14-4-3-5-15(19)10-14/h3-8,10H,9H2,1-2H3,(H,20,22,23). The van der Waals surface area contributed by atoms with Crippen molar-refractivity contribution < 1.29 is 13.6 Å². The third-order valence-electron chi connectivity index (χ3n) is 3.68. The molecule has 0 aliphatic rings. The molecule has 0 saturated heterocycles. The number of carbonyl (C=O) groups is 1. The van der Waals surface area contributed by atoms with Gasteiger partial charge in [-0.15, -0.1) is 5.10 Å². The lowest BCUT2D eigenvalue weighted by atomic mass is 10.0. The van der Waals surface area contributed by atoms with Gasteiger partial charge in [-0.3, -0.25) is 10.1 Å². The van der Waals surface area contributed by atoms with Gasteiger partial charge in [0.15, 0.2) is 0 Å². The maximum atomic E-state index is 13.2. The fraction of sp³-hybridized carbons (Fsp3) is 0.167. The number of nitrogens with zero attached hydrogens (tertiary/aromatic N) is 2. The second-order valence-corrected chi connectivity index (χ2v) is 5.57. The minimum atomic E-state index is -0.397. The summed E-state index contributed by atoms with van der Waals surface area (Å²) in [6.45, 7) is 4.02. The van der Waals surface area contributed by atoms with E-state index < -0.39 is 5.82 Å². The Bertz CT molecular complexity index is 889. The number of hydrogen-bond donors (Lipinski definition) is 1. The highest BCUT2D eigenvalue weighted by molar-refractivity contribution is 5.90. The lowest BCUT2D eigenvalue weighted by Crippen LogP contribution is -2.14. The van der Waals surface area contributed by atoms with Crippen LogP contribution in [0.2, 0.25) is 0 Å². The smallest absolute Gasteiger partial charge is 0.322 e. The Morgan fingerprint density at radius 3 is 2.71 bits per heavy atom. The first-order chi connectivity index (χ1) is 11.5. The largest absolute Gasteiger partial charge is 0.403 e. The summed E-state index contributed by atoms with van der Waals surface area (Å²) in [5.41, 5.74) is 3.67. The van der Waals surface area contributed by atoms with Crippen LogP contribution in [0.15, 0.2) is 46.9 Å². The monoisotopic (exact) mass is 325 g/mol. The van der Waals surface area contributed by atoms with E-state index in [4.69, 9.17) is 4.42 Å². The third-order valence-corrected chi connectivity index (χ3v) is 3.68. The Kier molecular flexibility index (Phi) is 4.37. The second-order valence-electron chi connectivity index (χ2n) is 5.57. The molecule has 2 aromatic carbocycles. The number of nitrogens with one attached hydrogen (secondary N) is 1. The zero-order valence-electron chi connectivity index (χ0n) is 13.3. The number of amides is 1. The van der Waals surface area contributed by atoms with Gasteiger partial charge in [0, 0.05) is 5.56 Å². The van der Waals surface area contributed by atoms with E-state index in [1.807, 2.05) is 32.0 Å². The molecule has 1 amide bonds. The van der Waals surface area contributed by atoms with Crippen LogP contribution >= 0.6 is 0 Å². The molecule has 24 heavy (non-hydrogen) atoms. The number of halogens is 1. The number of benzene rings is 2. The molecule has 5 nitrogen and oxygen atoms in total. The molecule has 1 aromatic heterocycles. The molecule has 0 aliphatic heterocycles. The lowest BCUT2D eigenvalue weighted by Gasteiger charge is -2.04. The molecule has 3 aromatic rings. The molecule has 0 unspecified atom stereocenters. The van der Waals surface area contributed by atoms with E-state index in [9.17, 15) is 9.18 Å². The van der Waals surface area contributed by atoms with Gasteiger partial charge in [0.2, 0.25) is 11.8 Å². The van der Waals surface area contributed by atoms with Crippen molar-refractivity contribution in [3.05, 3.63) is 65.0 Å². The summed E-state index contributed by atoms with van der Waals surface area (Å²) < 4.78 is 18.6. The van der Waals surface area contributed by atoms with Crippen molar-refractivity contribution in [2.24, 2.45) is 0 Å². The number of rotatable bonds is 4. The molecule has 0 radical (unpaired) electrons. The first-order valence-electron chi connectivity index (χ1n) is 7.47. The van der Waals surface area contributed by atoms with Crippen molar-refractivity contribution in [2.45, 2.75) is 20.3 Å². The predicted octanol–water partition coefficient (Wildman–Crippen LogP) is 3.67. The normalized spacial score (nSPS) is 10.6. The Morgan fingerprint density at radius 1 is 1.12 bits per heavy atom. The summed E-state index contributed by atoms with van der Waals surface area (Å²) in [5, 5.41) is 10.1. The quantitative estimate of drug-likeness (QED) is 0.794. The zero-order chi connectivity index (χ0) is 17.1. The molecule has 0 atom stereocenters. The maximum absolute atomic E-state index is 13.2. The summed E-state index contributed by atoms with van der Waals surface area (Å²) in [6, 6.07) is 11.7. The molecule has 0 bridgehead atoms. The summed E-state index contributed by atoms with van der Waals surface area (Å²) in [5.74, 6) is -0.505. The van der Waals surface area contributed by atoms with Gasteiger partial charge in [0.1, 0.15) is 5.82 Å². The summed E-state index contributed by atoms with van der Waals surface area (Å²) >= 11 is 0. The van der Waals surface area contributed by atoms with Gasteiger partial charge in [-0.1, -0.05) is 29.4 Å². The predicted molar refractivity (Wildman–Crippen MR) is 87.9 cm³/mol. The highest BCUT2D eigenvalue weighted by atomic mass is 19.1. The van der Waals surface area contributed by atoms with Crippen LogP contribution in [-0.4, -0.2) is 16.1 Å². The van der Waals surface area contributed by atoms with E-state index in [-0.39, 0.29) is 24.2 Å². The topological polar surface area (TPSA) is 68.0 Å². The Hall–Kier alpha value is -3.02. The van der Waals surface area contributed by atoms with Gasteiger partial charge in [-0.2, -0.15) is 0 Å². The number of carbonyl (C=O) groups excluding carboxylic acids is 1. The first kappa shape index (κ1) is 15.9. The molecule has 1 heterocycles. The SMILES string of the molecule is Cc1ccc(CC(=O)Nc2nnc(-c3cccc(F)c3)o2)cc1C. The summed E-state index contributed by atoms with van der Waals surface area (Å²) in [4.78, 5) is 12.1. The first-order valence-corrected chi connectivity index (χ1v) is 7.47. The van der Waals surface area contributed by atoms with E-state index in [0.29, 0.717) is 5.56 Å². The molecule has 6 heteroatoms. The van der Waals surface area contributed by atoms with E-state index in [2.05, 4.69) is 15.5 Å². The fourth-order valence-corrected chi connectivity index (χ4v) is 2.27. The van der Waals surface area contributed by atoms with E-state index in [1.54, 1.807) is 12.1 Å². The average Bonchev–Trinajstić information content (AvgIpc) is 2.99. The van der Waals surface area contributed by atoms with Crippen LogP contribution in [-0.2, 0) is 11.2 Å². The van der Waals surface area contributed by atoms with Crippen LogP contribution in [0, 0.1) is 19.7 Å². The van der Waals surface area contributed by atoms with Gasteiger partial charge in [0.25, 0.3) is 0 Å². The molecule has 0 fully saturated rings. The Labute approximate surface area is 138 Å². The highest BCUT2D eigenvalue weighted by Crippen LogP contribution is 2.20. The van der Waals surface area contributed by atoms with Gasteiger partial charge in [0.05, 0.1) is 6.42 Å². The number of hydrogen-bond acceptors (Lipinski definition) is 4. The van der Waals surface area contributed by atoms with E-state index in [0.717, 1.165) is 11.1 Å². The van der Waals surface area contributed by atoms with Gasteiger partial charge >= 0.3 is 6.01 Å². The second kappa shape index (κ2) is 6.62. The van der Waals surface area contributed by atoms with Gasteiger partial charge < -0.3 is 4.42 Å². The number of anilines is 1. The van der Waals surface area contributed by atoms with Crippen molar-refractivity contribution in [3.8, 4) is 11.5 Å². The minimum Gasteiger partial charge on any atom is -0.403 e. The molecule has 1 N–H and O–H groups in total. The minimum absolute atomic E-state index is 0.0110. The molecule has 0 spiro atoms. The van der Waals surface area contributed by atoms with Crippen LogP contribution in [0.25, 0.3) is 11.5 Å². The van der Waals surface area contributed by atoms with Crippen molar-refractivity contribution in [3.63, 3.8) is 0 Å². The molecular formula is C18H16FN3O2. The summed E-state index contributed by atoms with van der Waals surface area (Å²) in [6.07, 6.45) is 0.207. The molecule has 3 rings (SSSR count). The molecule has 122 valence electrons.